The molecular formula is C12H10BrFN2O3S. The first kappa shape index (κ1) is 15.0. The summed E-state index contributed by atoms with van der Waals surface area (Å²) in [5.74, 6) is -1.12. The molecule has 0 aromatic heterocycles. The minimum atomic E-state index is -0.529. The second-order valence-corrected chi connectivity index (χ2v) is 5.68. The van der Waals surface area contributed by atoms with Gasteiger partial charge in [0.25, 0.3) is 11.1 Å². The first-order valence-electron chi connectivity index (χ1n) is 5.70. The van der Waals surface area contributed by atoms with Gasteiger partial charge < -0.3 is 5.32 Å². The Balaban J connectivity index is 1.91. The molecule has 0 aliphatic carbocycles. The Kier molecular flexibility index (Phi) is 4.77. The van der Waals surface area contributed by atoms with Crippen molar-refractivity contribution in [3.8, 4) is 0 Å². The van der Waals surface area contributed by atoms with Gasteiger partial charge in [0.1, 0.15) is 5.82 Å². The Labute approximate surface area is 127 Å². The van der Waals surface area contributed by atoms with Gasteiger partial charge in [0, 0.05) is 13.1 Å². The second kappa shape index (κ2) is 6.36. The summed E-state index contributed by atoms with van der Waals surface area (Å²) in [7, 11) is 0. The van der Waals surface area contributed by atoms with Gasteiger partial charge in [-0.3, -0.25) is 19.3 Å². The summed E-state index contributed by atoms with van der Waals surface area (Å²) in [6.45, 7) is 0.239. The van der Waals surface area contributed by atoms with Gasteiger partial charge in [0.15, 0.2) is 0 Å². The molecule has 3 amide bonds. The van der Waals surface area contributed by atoms with Crippen molar-refractivity contribution in [3.63, 3.8) is 0 Å². The van der Waals surface area contributed by atoms with Crippen molar-refractivity contribution in [3.05, 3.63) is 34.1 Å². The maximum atomic E-state index is 13.3. The topological polar surface area (TPSA) is 66.5 Å². The van der Waals surface area contributed by atoms with E-state index in [2.05, 4.69) is 21.2 Å². The van der Waals surface area contributed by atoms with Crippen LogP contribution in [0.3, 0.4) is 0 Å². The van der Waals surface area contributed by atoms with Gasteiger partial charge in [-0.1, -0.05) is 17.8 Å². The smallest absolute Gasteiger partial charge is 0.288 e. The summed E-state index contributed by atoms with van der Waals surface area (Å²) in [5, 5.41) is 2.23. The highest BCUT2D eigenvalue weighted by Crippen LogP contribution is 2.20. The molecule has 1 aromatic rings. The third-order valence-electron chi connectivity index (χ3n) is 2.66. The standard InChI is InChI=1S/C12H10BrFN2O3S/c13-10-7(2-1-3-8(10)14)11(18)15-4-5-16-9(17)6-20-12(16)19/h1-3H,4-6H2,(H,15,18). The first-order chi connectivity index (χ1) is 9.50. The number of nitrogens with zero attached hydrogens (tertiary/aromatic N) is 1. The highest BCUT2D eigenvalue weighted by molar-refractivity contribution is 9.10. The van der Waals surface area contributed by atoms with E-state index in [1.807, 2.05) is 0 Å². The van der Waals surface area contributed by atoms with Gasteiger partial charge in [-0.2, -0.15) is 0 Å². The molecule has 1 aromatic carbocycles. The van der Waals surface area contributed by atoms with Crippen LogP contribution in [0.25, 0.3) is 0 Å². The number of rotatable bonds is 4. The zero-order valence-corrected chi connectivity index (χ0v) is 12.6. The van der Waals surface area contributed by atoms with E-state index in [4.69, 9.17) is 0 Å². The van der Waals surface area contributed by atoms with E-state index in [0.717, 1.165) is 16.7 Å². The van der Waals surface area contributed by atoms with Crippen LogP contribution in [0, 0.1) is 5.82 Å². The Morgan fingerprint density at radius 2 is 2.20 bits per heavy atom. The van der Waals surface area contributed by atoms with Gasteiger partial charge in [0.05, 0.1) is 15.8 Å². The van der Waals surface area contributed by atoms with Gasteiger partial charge in [-0.25, -0.2) is 4.39 Å². The number of carbonyl (C=O) groups is 3. The summed E-state index contributed by atoms with van der Waals surface area (Å²) in [4.78, 5) is 35.6. The van der Waals surface area contributed by atoms with Crippen molar-refractivity contribution in [2.75, 3.05) is 18.8 Å². The first-order valence-corrected chi connectivity index (χ1v) is 7.48. The minimum absolute atomic E-state index is 0.0846. The van der Waals surface area contributed by atoms with E-state index in [9.17, 15) is 18.8 Å². The lowest BCUT2D eigenvalue weighted by atomic mass is 10.2. The summed E-state index contributed by atoms with van der Waals surface area (Å²) in [6.07, 6.45) is 0. The average molecular weight is 361 g/mol. The van der Waals surface area contributed by atoms with E-state index in [1.165, 1.54) is 18.2 Å². The molecule has 0 saturated carbocycles. The molecule has 20 heavy (non-hydrogen) atoms. The Bertz CT molecular complexity index is 566. The monoisotopic (exact) mass is 360 g/mol. The maximum absolute atomic E-state index is 13.3. The quantitative estimate of drug-likeness (QED) is 0.891. The molecule has 8 heteroatoms. The number of halogens is 2. The van der Waals surface area contributed by atoms with Gasteiger partial charge >= 0.3 is 0 Å². The van der Waals surface area contributed by atoms with Crippen molar-refractivity contribution in [2.24, 2.45) is 0 Å². The third-order valence-corrected chi connectivity index (χ3v) is 4.32. The molecule has 1 heterocycles. The van der Waals surface area contributed by atoms with E-state index < -0.39 is 11.7 Å². The molecular weight excluding hydrogens is 351 g/mol. The largest absolute Gasteiger partial charge is 0.350 e. The van der Waals surface area contributed by atoms with E-state index in [1.54, 1.807) is 0 Å². The predicted octanol–water partition coefficient (Wildman–Crippen LogP) is 2.01. The van der Waals surface area contributed by atoms with E-state index in [-0.39, 0.29) is 40.0 Å². The van der Waals surface area contributed by atoms with E-state index in [0.29, 0.717) is 0 Å². The van der Waals surface area contributed by atoms with Crippen LogP contribution in [-0.4, -0.2) is 40.8 Å². The Hall–Kier alpha value is -1.41. The van der Waals surface area contributed by atoms with Crippen LogP contribution in [-0.2, 0) is 4.79 Å². The number of hydrogen-bond acceptors (Lipinski definition) is 4. The molecule has 0 radical (unpaired) electrons. The molecule has 0 bridgehead atoms. The second-order valence-electron chi connectivity index (χ2n) is 3.96. The van der Waals surface area contributed by atoms with Crippen LogP contribution in [0.15, 0.2) is 22.7 Å². The lowest BCUT2D eigenvalue weighted by Gasteiger charge is -2.13. The number of thioether (sulfide) groups is 1. The third kappa shape index (κ3) is 3.18. The SMILES string of the molecule is O=C(NCCN1C(=O)CSC1=O)c1cccc(F)c1Br. The molecule has 1 fully saturated rings. The van der Waals surface area contributed by atoms with Crippen LogP contribution in [0.4, 0.5) is 9.18 Å². The van der Waals surface area contributed by atoms with Crippen LogP contribution in [0.5, 0.6) is 0 Å². The molecule has 0 atom stereocenters. The highest BCUT2D eigenvalue weighted by atomic mass is 79.9. The molecule has 5 nitrogen and oxygen atoms in total. The van der Waals surface area contributed by atoms with Gasteiger partial charge in [-0.05, 0) is 28.1 Å². The van der Waals surface area contributed by atoms with E-state index >= 15 is 0 Å². The molecule has 106 valence electrons. The van der Waals surface area contributed by atoms with Crippen LogP contribution in [0.2, 0.25) is 0 Å². The van der Waals surface area contributed by atoms with Gasteiger partial charge in [0.2, 0.25) is 5.91 Å². The molecule has 0 unspecified atom stereocenters. The molecule has 1 N–H and O–H groups in total. The van der Waals surface area contributed by atoms with Crippen molar-refractivity contribution < 1.29 is 18.8 Å². The number of hydrogen-bond donors (Lipinski definition) is 1. The molecule has 1 saturated heterocycles. The fourth-order valence-corrected chi connectivity index (χ4v) is 2.85. The zero-order chi connectivity index (χ0) is 14.7. The summed E-state index contributed by atoms with van der Waals surface area (Å²) >= 11 is 3.94. The summed E-state index contributed by atoms with van der Waals surface area (Å²) in [6, 6.07) is 4.14. The van der Waals surface area contributed by atoms with Crippen LogP contribution >= 0.6 is 27.7 Å². The van der Waals surface area contributed by atoms with Crippen LogP contribution < -0.4 is 5.32 Å². The molecule has 0 spiro atoms. The average Bonchev–Trinajstić information content (AvgIpc) is 2.73. The summed E-state index contributed by atoms with van der Waals surface area (Å²) < 4.78 is 13.4. The Morgan fingerprint density at radius 1 is 1.45 bits per heavy atom. The number of amides is 3. The predicted molar refractivity (Wildman–Crippen MR) is 76.0 cm³/mol. The number of benzene rings is 1. The van der Waals surface area contributed by atoms with Crippen molar-refractivity contribution in [1.82, 2.24) is 10.2 Å². The minimum Gasteiger partial charge on any atom is -0.350 e. The Morgan fingerprint density at radius 3 is 2.85 bits per heavy atom. The summed E-state index contributed by atoms with van der Waals surface area (Å²) in [5.41, 5.74) is 0.165. The maximum Gasteiger partial charge on any atom is 0.288 e. The van der Waals surface area contributed by atoms with Crippen molar-refractivity contribution in [1.29, 1.82) is 0 Å². The number of imide groups is 1. The lowest BCUT2D eigenvalue weighted by Crippen LogP contribution is -2.37. The normalized spacial score (nSPS) is 14.8. The van der Waals surface area contributed by atoms with Crippen LogP contribution in [0.1, 0.15) is 10.4 Å². The van der Waals surface area contributed by atoms with Crippen molar-refractivity contribution in [2.45, 2.75) is 0 Å². The fraction of sp³-hybridized carbons (Fsp3) is 0.250. The van der Waals surface area contributed by atoms with Crippen molar-refractivity contribution >= 4 is 44.7 Å². The lowest BCUT2D eigenvalue weighted by molar-refractivity contribution is -0.124. The molecule has 1 aliphatic rings. The molecule has 1 aliphatic heterocycles. The number of carbonyl (C=O) groups excluding carboxylic acids is 3. The fourth-order valence-electron chi connectivity index (χ4n) is 1.65. The van der Waals surface area contributed by atoms with Gasteiger partial charge in [-0.15, -0.1) is 0 Å². The highest BCUT2D eigenvalue weighted by Gasteiger charge is 2.29. The molecule has 2 rings (SSSR count). The zero-order valence-electron chi connectivity index (χ0n) is 10.2. The number of nitrogens with one attached hydrogen (secondary N) is 1.